The zero-order valence-electron chi connectivity index (χ0n) is 13.8. The van der Waals surface area contributed by atoms with Crippen LogP contribution in [-0.4, -0.2) is 45.1 Å². The molecule has 0 aromatic heterocycles. The van der Waals surface area contributed by atoms with Crippen molar-refractivity contribution in [1.29, 1.82) is 0 Å². The quantitative estimate of drug-likeness (QED) is 0.791. The van der Waals surface area contributed by atoms with Crippen LogP contribution in [0.2, 0.25) is 5.02 Å². The average Bonchev–Trinajstić information content (AvgIpc) is 2.85. The third kappa shape index (κ3) is 4.77. The van der Waals surface area contributed by atoms with Gasteiger partial charge in [0.05, 0.1) is 29.7 Å². The number of benzene rings is 1. The molecule has 8 heteroatoms. The first-order chi connectivity index (χ1) is 11.4. The van der Waals surface area contributed by atoms with Gasteiger partial charge in [-0.1, -0.05) is 18.5 Å². The van der Waals surface area contributed by atoms with E-state index < -0.39 is 9.84 Å². The lowest BCUT2D eigenvalue weighted by atomic mass is 10.1. The third-order valence-electron chi connectivity index (χ3n) is 3.59. The van der Waals surface area contributed by atoms with Gasteiger partial charge in [0.2, 0.25) is 0 Å². The lowest BCUT2D eigenvalue weighted by Gasteiger charge is -2.16. The van der Waals surface area contributed by atoms with Gasteiger partial charge in [0.1, 0.15) is 0 Å². The zero-order chi connectivity index (χ0) is 17.7. The monoisotopic (exact) mass is 375 g/mol. The SMILES string of the molecule is CCCOc1c(Cl)cc(C(=O)N[C@@H]2CCS(=O)(=O)C2)cc1OCC. The van der Waals surface area contributed by atoms with Gasteiger partial charge >= 0.3 is 0 Å². The molecule has 0 saturated carbocycles. The first-order valence-electron chi connectivity index (χ1n) is 7.96. The normalized spacial score (nSPS) is 19.0. The van der Waals surface area contributed by atoms with E-state index >= 15 is 0 Å². The molecule has 1 N–H and O–H groups in total. The Hall–Kier alpha value is -1.47. The Labute approximate surface area is 147 Å². The molecule has 1 aromatic carbocycles. The van der Waals surface area contributed by atoms with Gasteiger partial charge < -0.3 is 14.8 Å². The van der Waals surface area contributed by atoms with Crippen molar-refractivity contribution in [2.75, 3.05) is 24.7 Å². The third-order valence-corrected chi connectivity index (χ3v) is 5.64. The summed E-state index contributed by atoms with van der Waals surface area (Å²) in [4.78, 5) is 12.4. The molecule has 0 radical (unpaired) electrons. The standard InChI is InChI=1S/C16H22ClNO5S/c1-3-6-23-15-13(17)8-11(9-14(15)22-4-2)16(19)18-12-5-7-24(20,21)10-12/h8-9,12H,3-7,10H2,1-2H3,(H,18,19)/t12-/m1/s1. The topological polar surface area (TPSA) is 81.7 Å². The van der Waals surface area contributed by atoms with Crippen LogP contribution in [0.4, 0.5) is 0 Å². The molecule has 1 aliphatic rings. The van der Waals surface area contributed by atoms with E-state index in [1.165, 1.54) is 6.07 Å². The van der Waals surface area contributed by atoms with Gasteiger partial charge in [-0.25, -0.2) is 8.42 Å². The van der Waals surface area contributed by atoms with E-state index in [1.807, 2.05) is 13.8 Å². The summed E-state index contributed by atoms with van der Waals surface area (Å²) in [5.74, 6) is 0.528. The fraction of sp³-hybridized carbons (Fsp3) is 0.562. The van der Waals surface area contributed by atoms with E-state index in [0.717, 1.165) is 6.42 Å². The molecule has 24 heavy (non-hydrogen) atoms. The highest BCUT2D eigenvalue weighted by molar-refractivity contribution is 7.91. The Bertz CT molecular complexity index is 705. The van der Waals surface area contributed by atoms with Gasteiger partial charge in [0.25, 0.3) is 5.91 Å². The first kappa shape index (κ1) is 18.9. The number of sulfone groups is 1. The summed E-state index contributed by atoms with van der Waals surface area (Å²) < 4.78 is 34.1. The van der Waals surface area contributed by atoms with E-state index in [1.54, 1.807) is 6.07 Å². The molecule has 1 aromatic rings. The highest BCUT2D eigenvalue weighted by Crippen LogP contribution is 2.37. The first-order valence-corrected chi connectivity index (χ1v) is 10.2. The van der Waals surface area contributed by atoms with Crippen molar-refractivity contribution in [3.8, 4) is 11.5 Å². The molecule has 1 atom stereocenters. The van der Waals surface area contributed by atoms with Crippen molar-refractivity contribution >= 4 is 27.3 Å². The van der Waals surface area contributed by atoms with Crippen LogP contribution in [-0.2, 0) is 9.84 Å². The molecular weight excluding hydrogens is 354 g/mol. The van der Waals surface area contributed by atoms with Gasteiger partial charge in [-0.15, -0.1) is 0 Å². The van der Waals surface area contributed by atoms with E-state index in [-0.39, 0.29) is 23.5 Å². The summed E-state index contributed by atoms with van der Waals surface area (Å²) in [6, 6.07) is 2.71. The van der Waals surface area contributed by atoms with Gasteiger partial charge in [-0.2, -0.15) is 0 Å². The molecule has 6 nitrogen and oxygen atoms in total. The molecule has 0 aliphatic carbocycles. The van der Waals surface area contributed by atoms with E-state index in [4.69, 9.17) is 21.1 Å². The summed E-state index contributed by atoms with van der Waals surface area (Å²) in [7, 11) is -3.05. The molecule has 0 spiro atoms. The molecular formula is C16H22ClNO5S. The van der Waals surface area contributed by atoms with Crippen LogP contribution < -0.4 is 14.8 Å². The predicted molar refractivity (Wildman–Crippen MR) is 92.9 cm³/mol. The predicted octanol–water partition coefficient (Wildman–Crippen LogP) is 2.44. The van der Waals surface area contributed by atoms with E-state index in [0.29, 0.717) is 41.7 Å². The van der Waals surface area contributed by atoms with Crippen LogP contribution in [0, 0.1) is 0 Å². The van der Waals surface area contributed by atoms with Crippen molar-refractivity contribution < 1.29 is 22.7 Å². The Balaban J connectivity index is 2.18. The maximum Gasteiger partial charge on any atom is 0.251 e. The maximum atomic E-state index is 12.4. The molecule has 1 amide bonds. The van der Waals surface area contributed by atoms with Crippen molar-refractivity contribution in [2.45, 2.75) is 32.7 Å². The number of carbonyl (C=O) groups is 1. The fourth-order valence-electron chi connectivity index (χ4n) is 2.48. The van der Waals surface area contributed by atoms with Crippen LogP contribution in [0.1, 0.15) is 37.0 Å². The number of carbonyl (C=O) groups excluding carboxylic acids is 1. The Morgan fingerprint density at radius 1 is 1.33 bits per heavy atom. The molecule has 1 saturated heterocycles. The second kappa shape index (κ2) is 8.07. The van der Waals surface area contributed by atoms with Crippen molar-refractivity contribution in [2.24, 2.45) is 0 Å². The molecule has 0 unspecified atom stereocenters. The summed E-state index contributed by atoms with van der Waals surface area (Å²) in [6.07, 6.45) is 1.25. The van der Waals surface area contributed by atoms with Gasteiger partial charge in [0, 0.05) is 11.6 Å². The van der Waals surface area contributed by atoms with Crippen molar-refractivity contribution in [1.82, 2.24) is 5.32 Å². The second-order valence-electron chi connectivity index (χ2n) is 5.64. The molecule has 0 bridgehead atoms. The van der Waals surface area contributed by atoms with Gasteiger partial charge in [-0.05, 0) is 31.9 Å². The Morgan fingerprint density at radius 3 is 2.67 bits per heavy atom. The minimum Gasteiger partial charge on any atom is -0.490 e. The Morgan fingerprint density at radius 2 is 2.08 bits per heavy atom. The van der Waals surface area contributed by atoms with E-state index in [9.17, 15) is 13.2 Å². The lowest BCUT2D eigenvalue weighted by Crippen LogP contribution is -2.35. The minimum atomic E-state index is -3.05. The summed E-state index contributed by atoms with van der Waals surface area (Å²) in [5, 5.41) is 3.03. The fourth-order valence-corrected chi connectivity index (χ4v) is 4.42. The van der Waals surface area contributed by atoms with Crippen LogP contribution >= 0.6 is 11.6 Å². The molecule has 1 aliphatic heterocycles. The average molecular weight is 376 g/mol. The molecule has 2 rings (SSSR count). The van der Waals surface area contributed by atoms with E-state index in [2.05, 4.69) is 5.32 Å². The number of nitrogens with one attached hydrogen (secondary N) is 1. The highest BCUT2D eigenvalue weighted by Gasteiger charge is 2.29. The smallest absolute Gasteiger partial charge is 0.251 e. The highest BCUT2D eigenvalue weighted by atomic mass is 35.5. The summed E-state index contributed by atoms with van der Waals surface area (Å²) in [5.41, 5.74) is 0.316. The van der Waals surface area contributed by atoms with Crippen molar-refractivity contribution in [3.05, 3.63) is 22.7 Å². The minimum absolute atomic E-state index is 0.0253. The number of hydrogen-bond donors (Lipinski definition) is 1. The maximum absolute atomic E-state index is 12.4. The Kier molecular flexibility index (Phi) is 6.34. The van der Waals surface area contributed by atoms with Crippen LogP contribution in [0.3, 0.4) is 0 Å². The molecule has 134 valence electrons. The summed E-state index contributed by atoms with van der Waals surface area (Å²) >= 11 is 6.23. The van der Waals surface area contributed by atoms with Gasteiger partial charge in [-0.3, -0.25) is 4.79 Å². The number of hydrogen-bond acceptors (Lipinski definition) is 5. The molecule has 1 fully saturated rings. The van der Waals surface area contributed by atoms with Crippen LogP contribution in [0.15, 0.2) is 12.1 Å². The molecule has 1 heterocycles. The largest absolute Gasteiger partial charge is 0.490 e. The summed E-state index contributed by atoms with van der Waals surface area (Å²) in [6.45, 7) is 4.70. The van der Waals surface area contributed by atoms with Crippen LogP contribution in [0.25, 0.3) is 0 Å². The number of rotatable bonds is 7. The zero-order valence-corrected chi connectivity index (χ0v) is 15.4. The lowest BCUT2D eigenvalue weighted by molar-refractivity contribution is 0.0940. The number of halogens is 1. The number of amides is 1. The van der Waals surface area contributed by atoms with Crippen molar-refractivity contribution in [3.63, 3.8) is 0 Å². The number of ether oxygens (including phenoxy) is 2. The van der Waals surface area contributed by atoms with Gasteiger partial charge in [0.15, 0.2) is 21.3 Å². The second-order valence-corrected chi connectivity index (χ2v) is 8.28. The van der Waals surface area contributed by atoms with Crippen LogP contribution in [0.5, 0.6) is 11.5 Å².